The fourth-order valence-electron chi connectivity index (χ4n) is 0.534. The first-order valence-corrected chi connectivity index (χ1v) is 5.07. The van der Waals surface area contributed by atoms with Crippen LogP contribution in [0.5, 0.6) is 0 Å². The van der Waals surface area contributed by atoms with Crippen LogP contribution in [0.2, 0.25) is 0 Å². The molecule has 0 aliphatic carbocycles. The molecule has 0 N–H and O–H groups in total. The van der Waals surface area contributed by atoms with E-state index >= 15 is 0 Å². The van der Waals surface area contributed by atoms with Gasteiger partial charge in [-0.2, -0.15) is 0 Å². The van der Waals surface area contributed by atoms with Crippen molar-refractivity contribution in [1.82, 2.24) is 0 Å². The second-order valence-electron chi connectivity index (χ2n) is 2.07. The van der Waals surface area contributed by atoms with Gasteiger partial charge in [0.05, 0.1) is 4.91 Å². The van der Waals surface area contributed by atoms with Crippen LogP contribution < -0.4 is 0 Å². The smallest absolute Gasteiger partial charge is 0.175 e. The van der Waals surface area contributed by atoms with E-state index in [9.17, 15) is 8.42 Å². The summed E-state index contributed by atoms with van der Waals surface area (Å²) in [6.07, 6.45) is 7.43. The third-order valence-electron chi connectivity index (χ3n) is 1.08. The standard InChI is InChI=1S/C8H12O2S/c1-4-6-7-8(5-2)11(3,9)10/h4-7H,2H2,1,3H3/b6-4-,8-7+. The zero-order valence-corrected chi connectivity index (χ0v) is 7.56. The maximum atomic E-state index is 10.9. The highest BCUT2D eigenvalue weighted by Crippen LogP contribution is 2.04. The Kier molecular flexibility index (Phi) is 3.82. The normalized spacial score (nSPS) is 13.8. The van der Waals surface area contributed by atoms with Crippen LogP contribution in [0, 0.1) is 0 Å². The molecule has 0 unspecified atom stereocenters. The molecule has 0 saturated carbocycles. The van der Waals surface area contributed by atoms with Crippen LogP contribution in [-0.2, 0) is 9.84 Å². The van der Waals surface area contributed by atoms with Gasteiger partial charge in [0.1, 0.15) is 0 Å². The Labute approximate surface area is 67.9 Å². The van der Waals surface area contributed by atoms with Crippen LogP contribution in [0.1, 0.15) is 6.92 Å². The molecule has 11 heavy (non-hydrogen) atoms. The number of hydrogen-bond acceptors (Lipinski definition) is 2. The van der Waals surface area contributed by atoms with Crippen LogP contribution in [0.25, 0.3) is 0 Å². The van der Waals surface area contributed by atoms with Crippen molar-refractivity contribution in [2.45, 2.75) is 6.92 Å². The highest BCUT2D eigenvalue weighted by Gasteiger charge is 2.04. The summed E-state index contributed by atoms with van der Waals surface area (Å²) in [5.41, 5.74) is 0. The fourth-order valence-corrected chi connectivity index (χ4v) is 1.16. The van der Waals surface area contributed by atoms with Crippen molar-refractivity contribution in [3.8, 4) is 0 Å². The molecule has 2 nitrogen and oxygen atoms in total. The summed E-state index contributed by atoms with van der Waals surface area (Å²) in [6.45, 7) is 5.22. The van der Waals surface area contributed by atoms with Gasteiger partial charge in [-0.1, -0.05) is 24.8 Å². The summed E-state index contributed by atoms with van der Waals surface area (Å²) in [7, 11) is -3.10. The Bertz CT molecular complexity index is 281. The highest BCUT2D eigenvalue weighted by molar-refractivity contribution is 7.94. The quantitative estimate of drug-likeness (QED) is 0.607. The van der Waals surface area contributed by atoms with Gasteiger partial charge in [-0.3, -0.25) is 0 Å². The van der Waals surface area contributed by atoms with Gasteiger partial charge in [0, 0.05) is 6.26 Å². The summed E-state index contributed by atoms with van der Waals surface area (Å²) in [4.78, 5) is 0.246. The molecule has 62 valence electrons. The minimum Gasteiger partial charge on any atom is -0.224 e. The molecule has 0 aliphatic rings. The predicted octanol–water partition coefficient (Wildman–Crippen LogP) is 1.68. The molecule has 0 rings (SSSR count). The van der Waals surface area contributed by atoms with E-state index in [1.165, 1.54) is 12.2 Å². The van der Waals surface area contributed by atoms with Gasteiger partial charge in [-0.05, 0) is 13.0 Å². The zero-order chi connectivity index (χ0) is 8.91. The van der Waals surface area contributed by atoms with E-state index in [1.807, 2.05) is 6.92 Å². The molecule has 0 saturated heterocycles. The lowest BCUT2D eigenvalue weighted by molar-refractivity contribution is 0.608. The zero-order valence-electron chi connectivity index (χ0n) is 6.74. The van der Waals surface area contributed by atoms with Gasteiger partial charge in [0.25, 0.3) is 0 Å². The van der Waals surface area contributed by atoms with E-state index in [2.05, 4.69) is 6.58 Å². The molecule has 0 heterocycles. The fraction of sp³-hybridized carbons (Fsp3) is 0.250. The lowest BCUT2D eigenvalue weighted by atomic mass is 10.4. The minimum absolute atomic E-state index is 0.246. The summed E-state index contributed by atoms with van der Waals surface area (Å²) in [6, 6.07) is 0. The molecular formula is C8H12O2S. The molecule has 0 fully saturated rings. The van der Waals surface area contributed by atoms with Crippen molar-refractivity contribution in [1.29, 1.82) is 0 Å². The second-order valence-corrected chi connectivity index (χ2v) is 4.09. The lowest BCUT2D eigenvalue weighted by Crippen LogP contribution is -1.97. The number of sulfone groups is 1. The first-order chi connectivity index (χ1) is 5.02. The Morgan fingerprint density at radius 2 is 2.00 bits per heavy atom. The lowest BCUT2D eigenvalue weighted by Gasteiger charge is -1.94. The average molecular weight is 172 g/mol. The monoisotopic (exact) mass is 172 g/mol. The van der Waals surface area contributed by atoms with Crippen LogP contribution in [0.4, 0.5) is 0 Å². The maximum Gasteiger partial charge on any atom is 0.175 e. The van der Waals surface area contributed by atoms with E-state index < -0.39 is 9.84 Å². The second kappa shape index (κ2) is 4.13. The van der Waals surface area contributed by atoms with Gasteiger partial charge in [0.2, 0.25) is 0 Å². The first-order valence-electron chi connectivity index (χ1n) is 3.18. The molecule has 0 radical (unpaired) electrons. The average Bonchev–Trinajstić information content (AvgIpc) is 1.87. The highest BCUT2D eigenvalue weighted by atomic mass is 32.2. The minimum atomic E-state index is -3.10. The molecule has 0 bridgehead atoms. The molecule has 0 aliphatic heterocycles. The van der Waals surface area contributed by atoms with Crippen LogP contribution >= 0.6 is 0 Å². The first kappa shape index (κ1) is 10.2. The SMILES string of the molecule is C=C/C(=C\C=C/C)S(C)(=O)=O. The summed E-state index contributed by atoms with van der Waals surface area (Å²) >= 11 is 0. The van der Waals surface area contributed by atoms with Crippen molar-refractivity contribution in [3.63, 3.8) is 0 Å². The number of hydrogen-bond donors (Lipinski definition) is 0. The molecule has 3 heteroatoms. The summed E-state index contributed by atoms with van der Waals surface area (Å²) < 4.78 is 21.8. The Hall–Kier alpha value is -0.830. The summed E-state index contributed by atoms with van der Waals surface area (Å²) in [5.74, 6) is 0. The van der Waals surface area contributed by atoms with E-state index in [0.29, 0.717) is 0 Å². The van der Waals surface area contributed by atoms with Crippen molar-refractivity contribution in [3.05, 3.63) is 35.8 Å². The van der Waals surface area contributed by atoms with Gasteiger partial charge < -0.3 is 0 Å². The Morgan fingerprint density at radius 3 is 2.27 bits per heavy atom. The molecule has 0 aromatic heterocycles. The molecule has 0 aromatic rings. The number of allylic oxidation sites excluding steroid dienone is 4. The Morgan fingerprint density at radius 1 is 1.45 bits per heavy atom. The Balaban J connectivity index is 4.84. The summed E-state index contributed by atoms with van der Waals surface area (Å²) in [5, 5.41) is 0. The van der Waals surface area contributed by atoms with E-state index in [4.69, 9.17) is 0 Å². The largest absolute Gasteiger partial charge is 0.224 e. The molecule has 0 atom stereocenters. The van der Waals surface area contributed by atoms with Crippen LogP contribution in [0.3, 0.4) is 0 Å². The van der Waals surface area contributed by atoms with E-state index in [1.54, 1.807) is 12.2 Å². The third-order valence-corrected chi connectivity index (χ3v) is 2.24. The van der Waals surface area contributed by atoms with Crippen molar-refractivity contribution < 1.29 is 8.42 Å². The predicted molar refractivity (Wildman–Crippen MR) is 47.9 cm³/mol. The van der Waals surface area contributed by atoms with E-state index in [0.717, 1.165) is 6.26 Å². The maximum absolute atomic E-state index is 10.9. The van der Waals surface area contributed by atoms with Gasteiger partial charge in [-0.25, -0.2) is 8.42 Å². The number of rotatable bonds is 3. The van der Waals surface area contributed by atoms with Crippen molar-refractivity contribution in [2.75, 3.05) is 6.26 Å². The van der Waals surface area contributed by atoms with Crippen LogP contribution in [-0.4, -0.2) is 14.7 Å². The van der Waals surface area contributed by atoms with Gasteiger partial charge >= 0.3 is 0 Å². The van der Waals surface area contributed by atoms with Gasteiger partial charge in [0.15, 0.2) is 9.84 Å². The van der Waals surface area contributed by atoms with E-state index in [-0.39, 0.29) is 4.91 Å². The topological polar surface area (TPSA) is 34.1 Å². The molecular weight excluding hydrogens is 160 g/mol. The van der Waals surface area contributed by atoms with Gasteiger partial charge in [-0.15, -0.1) is 0 Å². The third kappa shape index (κ3) is 3.78. The molecule has 0 aromatic carbocycles. The van der Waals surface area contributed by atoms with Crippen molar-refractivity contribution >= 4 is 9.84 Å². The van der Waals surface area contributed by atoms with Crippen LogP contribution in [0.15, 0.2) is 35.8 Å². The molecule has 0 spiro atoms. The molecule has 0 amide bonds. The van der Waals surface area contributed by atoms with Crippen molar-refractivity contribution in [2.24, 2.45) is 0 Å².